The fourth-order valence-electron chi connectivity index (χ4n) is 6.20. The third-order valence-corrected chi connectivity index (χ3v) is 7.91. The molecule has 1 aliphatic carbocycles. The summed E-state index contributed by atoms with van der Waals surface area (Å²) in [6, 6.07) is 17.6. The highest BCUT2D eigenvalue weighted by molar-refractivity contribution is 5.94. The molecule has 3 atom stereocenters. The predicted molar refractivity (Wildman–Crippen MR) is 137 cm³/mol. The number of ether oxygens (including phenoxy) is 2. The van der Waals surface area contributed by atoms with Crippen molar-refractivity contribution < 1.29 is 19.1 Å². The SMILES string of the molecule is C=CCN1CCC2(c3cccc(OC)c3)C[C@H](N(C)C(=O)c3ccccc3)CCC2(OC(C)=O)C1. The summed E-state index contributed by atoms with van der Waals surface area (Å²) in [5, 5.41) is 0. The highest BCUT2D eigenvalue weighted by atomic mass is 16.6. The molecule has 2 aromatic rings. The average molecular weight is 477 g/mol. The zero-order valence-corrected chi connectivity index (χ0v) is 21.0. The Balaban J connectivity index is 1.77. The van der Waals surface area contributed by atoms with Crippen molar-refractivity contribution in [1.82, 2.24) is 9.80 Å². The summed E-state index contributed by atoms with van der Waals surface area (Å²) in [5.41, 5.74) is 0.642. The molecule has 1 heterocycles. The third kappa shape index (κ3) is 4.72. The molecule has 2 fully saturated rings. The van der Waals surface area contributed by atoms with Gasteiger partial charge in [-0.2, -0.15) is 0 Å². The summed E-state index contributed by atoms with van der Waals surface area (Å²) in [5.74, 6) is 0.517. The summed E-state index contributed by atoms with van der Waals surface area (Å²) >= 11 is 0. The van der Waals surface area contributed by atoms with Crippen molar-refractivity contribution in [2.75, 3.05) is 33.8 Å². The number of hydrogen-bond donors (Lipinski definition) is 0. The van der Waals surface area contributed by atoms with Crippen LogP contribution >= 0.6 is 0 Å². The summed E-state index contributed by atoms with van der Waals surface area (Å²) in [4.78, 5) is 30.0. The van der Waals surface area contributed by atoms with Gasteiger partial charge < -0.3 is 14.4 Å². The molecule has 186 valence electrons. The maximum atomic E-state index is 13.3. The van der Waals surface area contributed by atoms with Crippen molar-refractivity contribution >= 4 is 11.9 Å². The third-order valence-electron chi connectivity index (χ3n) is 7.91. The molecule has 0 radical (unpaired) electrons. The van der Waals surface area contributed by atoms with Crippen LogP contribution < -0.4 is 4.74 Å². The van der Waals surface area contributed by atoms with E-state index in [-0.39, 0.29) is 17.9 Å². The van der Waals surface area contributed by atoms with Crippen molar-refractivity contribution in [3.63, 3.8) is 0 Å². The van der Waals surface area contributed by atoms with Gasteiger partial charge in [0.2, 0.25) is 0 Å². The highest BCUT2D eigenvalue weighted by Crippen LogP contribution is 2.54. The van der Waals surface area contributed by atoms with Gasteiger partial charge in [-0.3, -0.25) is 14.5 Å². The second-order valence-corrected chi connectivity index (χ2v) is 9.85. The number of benzene rings is 2. The Labute approximate surface area is 208 Å². The number of nitrogens with zero attached hydrogens (tertiary/aromatic N) is 2. The fourth-order valence-corrected chi connectivity index (χ4v) is 6.20. The van der Waals surface area contributed by atoms with Crippen molar-refractivity contribution in [1.29, 1.82) is 0 Å². The number of likely N-dealkylation sites (tertiary alicyclic amines) is 1. The van der Waals surface area contributed by atoms with Crippen LogP contribution in [0.25, 0.3) is 0 Å². The monoisotopic (exact) mass is 476 g/mol. The molecule has 0 spiro atoms. The highest BCUT2D eigenvalue weighted by Gasteiger charge is 2.61. The van der Waals surface area contributed by atoms with Crippen molar-refractivity contribution in [3.05, 3.63) is 78.4 Å². The number of rotatable bonds is 7. The summed E-state index contributed by atoms with van der Waals surface area (Å²) in [6.07, 6.45) is 4.86. The topological polar surface area (TPSA) is 59.1 Å². The first-order valence-electron chi connectivity index (χ1n) is 12.3. The summed E-state index contributed by atoms with van der Waals surface area (Å²) in [7, 11) is 3.56. The van der Waals surface area contributed by atoms with E-state index in [0.717, 1.165) is 37.2 Å². The van der Waals surface area contributed by atoms with Gasteiger partial charge in [-0.25, -0.2) is 0 Å². The first-order chi connectivity index (χ1) is 16.8. The minimum atomic E-state index is -0.695. The standard InChI is InChI=1S/C29H36N2O4/c1-5-17-31-18-16-28(24-12-9-13-26(19-24)34-4)20-25(14-15-29(28,21-31)35-22(2)32)30(3)27(33)23-10-7-6-8-11-23/h5-13,19,25H,1,14-18,20-21H2,2-4H3/t25-,28?,29?/m1/s1. The van der Waals surface area contributed by atoms with E-state index < -0.39 is 11.0 Å². The van der Waals surface area contributed by atoms with Gasteiger partial charge in [-0.1, -0.05) is 36.4 Å². The summed E-state index contributed by atoms with van der Waals surface area (Å²) < 4.78 is 11.9. The van der Waals surface area contributed by atoms with Crippen molar-refractivity contribution in [3.8, 4) is 5.75 Å². The lowest BCUT2D eigenvalue weighted by Gasteiger charge is -2.60. The smallest absolute Gasteiger partial charge is 0.303 e. The normalized spacial score (nSPS) is 26.3. The fraction of sp³-hybridized carbons (Fsp3) is 0.448. The quantitative estimate of drug-likeness (QED) is 0.437. The van der Waals surface area contributed by atoms with Gasteiger partial charge in [-0.15, -0.1) is 6.58 Å². The van der Waals surface area contributed by atoms with E-state index in [1.54, 1.807) is 7.11 Å². The largest absolute Gasteiger partial charge is 0.497 e. The first kappa shape index (κ1) is 25.0. The Morgan fingerprint density at radius 2 is 1.94 bits per heavy atom. The van der Waals surface area contributed by atoms with E-state index >= 15 is 0 Å². The van der Waals surface area contributed by atoms with Crippen LogP contribution in [-0.4, -0.2) is 67.1 Å². The van der Waals surface area contributed by atoms with Crippen LogP contribution in [0, 0.1) is 0 Å². The maximum Gasteiger partial charge on any atom is 0.303 e. The molecule has 0 aromatic heterocycles. The Hall–Kier alpha value is -3.12. The maximum absolute atomic E-state index is 13.3. The van der Waals surface area contributed by atoms with E-state index in [4.69, 9.17) is 9.47 Å². The molecule has 1 amide bonds. The molecule has 2 aliphatic rings. The molecular formula is C29H36N2O4. The van der Waals surface area contributed by atoms with E-state index in [1.807, 2.05) is 60.5 Å². The van der Waals surface area contributed by atoms with Gasteiger partial charge in [0.25, 0.3) is 5.91 Å². The number of carbonyl (C=O) groups is 2. The first-order valence-corrected chi connectivity index (χ1v) is 12.3. The Morgan fingerprint density at radius 1 is 1.17 bits per heavy atom. The molecule has 1 aliphatic heterocycles. The lowest BCUT2D eigenvalue weighted by Crippen LogP contribution is -2.68. The molecule has 0 N–H and O–H groups in total. The van der Waals surface area contributed by atoms with Crippen LogP contribution in [0.3, 0.4) is 0 Å². The lowest BCUT2D eigenvalue weighted by atomic mass is 9.55. The zero-order valence-electron chi connectivity index (χ0n) is 21.0. The van der Waals surface area contributed by atoms with Crippen LogP contribution in [-0.2, 0) is 14.9 Å². The van der Waals surface area contributed by atoms with Gasteiger partial charge in [0.15, 0.2) is 0 Å². The number of piperidine rings is 1. The van der Waals surface area contributed by atoms with Gasteiger partial charge in [0.05, 0.1) is 7.11 Å². The van der Waals surface area contributed by atoms with Crippen molar-refractivity contribution in [2.24, 2.45) is 0 Å². The number of fused-ring (bicyclic) bond motifs is 1. The molecule has 6 heteroatoms. The van der Waals surface area contributed by atoms with Gasteiger partial charge in [0, 0.05) is 44.1 Å². The predicted octanol–water partition coefficient (Wildman–Crippen LogP) is 4.45. The van der Waals surface area contributed by atoms with Crippen LogP contribution in [0.4, 0.5) is 0 Å². The minimum absolute atomic E-state index is 0.0143. The minimum Gasteiger partial charge on any atom is -0.497 e. The van der Waals surface area contributed by atoms with Crippen LogP contribution in [0.15, 0.2) is 67.3 Å². The molecule has 6 nitrogen and oxygen atoms in total. The Bertz CT molecular complexity index is 1070. The Morgan fingerprint density at radius 3 is 2.63 bits per heavy atom. The molecule has 2 unspecified atom stereocenters. The molecule has 1 saturated heterocycles. The number of amides is 1. The van der Waals surface area contributed by atoms with E-state index in [0.29, 0.717) is 24.9 Å². The number of hydrogen-bond acceptors (Lipinski definition) is 5. The molecular weight excluding hydrogens is 440 g/mol. The lowest BCUT2D eigenvalue weighted by molar-refractivity contribution is -0.188. The second kappa shape index (κ2) is 10.2. The van der Waals surface area contributed by atoms with E-state index in [2.05, 4.69) is 23.6 Å². The molecule has 4 rings (SSSR count). The Kier molecular flexibility index (Phi) is 7.31. The van der Waals surface area contributed by atoms with E-state index in [1.165, 1.54) is 6.92 Å². The number of carbonyl (C=O) groups excluding carboxylic acids is 2. The molecule has 2 aromatic carbocycles. The van der Waals surface area contributed by atoms with Crippen LogP contribution in [0.1, 0.15) is 48.5 Å². The molecule has 1 saturated carbocycles. The molecule has 0 bridgehead atoms. The van der Waals surface area contributed by atoms with Gasteiger partial charge in [0.1, 0.15) is 11.4 Å². The second-order valence-electron chi connectivity index (χ2n) is 9.85. The van der Waals surface area contributed by atoms with Crippen LogP contribution in [0.2, 0.25) is 0 Å². The van der Waals surface area contributed by atoms with Crippen molar-refractivity contribution in [2.45, 2.75) is 49.7 Å². The molecule has 35 heavy (non-hydrogen) atoms. The van der Waals surface area contributed by atoms with Gasteiger partial charge in [-0.05, 0) is 62.1 Å². The van der Waals surface area contributed by atoms with E-state index in [9.17, 15) is 9.59 Å². The zero-order chi connectivity index (χ0) is 25.1. The average Bonchev–Trinajstić information content (AvgIpc) is 2.87. The number of esters is 1. The van der Waals surface area contributed by atoms with Crippen LogP contribution in [0.5, 0.6) is 5.75 Å². The summed E-state index contributed by atoms with van der Waals surface area (Å²) in [6.45, 7) is 7.65. The number of methoxy groups -OCH3 is 1. The van der Waals surface area contributed by atoms with Gasteiger partial charge >= 0.3 is 5.97 Å².